The summed E-state index contributed by atoms with van der Waals surface area (Å²) >= 11 is 0. The SMILES string of the molecule is CC(C(=O)Nc1ccc(NC(=O)CCc2ccccc2O)cc1)n1cncn1. The van der Waals surface area contributed by atoms with Crippen LogP contribution in [0.15, 0.2) is 61.2 Å². The van der Waals surface area contributed by atoms with Gasteiger partial charge in [-0.3, -0.25) is 9.59 Å². The fourth-order valence-electron chi connectivity index (χ4n) is 2.62. The first-order chi connectivity index (χ1) is 13.5. The molecule has 0 saturated heterocycles. The van der Waals surface area contributed by atoms with Crippen LogP contribution in [0.25, 0.3) is 0 Å². The van der Waals surface area contributed by atoms with E-state index < -0.39 is 6.04 Å². The van der Waals surface area contributed by atoms with Gasteiger partial charge in [0, 0.05) is 17.8 Å². The number of aromatic nitrogens is 3. The summed E-state index contributed by atoms with van der Waals surface area (Å²) in [5.41, 5.74) is 1.98. The molecule has 1 unspecified atom stereocenters. The maximum atomic E-state index is 12.2. The average Bonchev–Trinajstić information content (AvgIpc) is 3.23. The minimum atomic E-state index is -0.490. The maximum Gasteiger partial charge on any atom is 0.249 e. The third kappa shape index (κ3) is 4.94. The maximum absolute atomic E-state index is 12.2. The number of nitrogens with one attached hydrogen (secondary N) is 2. The van der Waals surface area contributed by atoms with Crippen molar-refractivity contribution in [3.63, 3.8) is 0 Å². The second kappa shape index (κ2) is 8.81. The van der Waals surface area contributed by atoms with E-state index in [0.717, 1.165) is 5.56 Å². The van der Waals surface area contributed by atoms with Crippen molar-refractivity contribution in [3.05, 3.63) is 66.7 Å². The number of amides is 2. The Morgan fingerprint density at radius 3 is 2.39 bits per heavy atom. The predicted molar refractivity (Wildman–Crippen MR) is 105 cm³/mol. The lowest BCUT2D eigenvalue weighted by Crippen LogP contribution is -2.24. The number of hydrogen-bond donors (Lipinski definition) is 3. The lowest BCUT2D eigenvalue weighted by molar-refractivity contribution is -0.119. The van der Waals surface area contributed by atoms with Crippen molar-refractivity contribution in [3.8, 4) is 5.75 Å². The number of carbonyl (C=O) groups is 2. The number of aryl methyl sites for hydroxylation is 1. The van der Waals surface area contributed by atoms with Crippen LogP contribution in [0.4, 0.5) is 11.4 Å². The van der Waals surface area contributed by atoms with Gasteiger partial charge in [0.25, 0.3) is 0 Å². The van der Waals surface area contributed by atoms with Crippen LogP contribution in [0, 0.1) is 0 Å². The molecule has 0 saturated carbocycles. The minimum Gasteiger partial charge on any atom is -0.508 e. The molecule has 2 aromatic carbocycles. The van der Waals surface area contributed by atoms with E-state index >= 15 is 0 Å². The number of benzene rings is 2. The van der Waals surface area contributed by atoms with E-state index in [1.165, 1.54) is 17.3 Å². The lowest BCUT2D eigenvalue weighted by Gasteiger charge is -2.12. The Balaban J connectivity index is 1.50. The van der Waals surface area contributed by atoms with Gasteiger partial charge in [-0.2, -0.15) is 5.10 Å². The zero-order valence-electron chi connectivity index (χ0n) is 15.4. The molecular formula is C20H21N5O3. The Morgan fingerprint density at radius 1 is 1.07 bits per heavy atom. The molecule has 0 bridgehead atoms. The van der Waals surface area contributed by atoms with Crippen molar-refractivity contribution in [2.24, 2.45) is 0 Å². The van der Waals surface area contributed by atoms with E-state index in [9.17, 15) is 14.7 Å². The van der Waals surface area contributed by atoms with Crippen molar-refractivity contribution in [1.82, 2.24) is 14.8 Å². The third-order valence-electron chi connectivity index (χ3n) is 4.26. The van der Waals surface area contributed by atoms with Crippen LogP contribution in [0.2, 0.25) is 0 Å². The fraction of sp³-hybridized carbons (Fsp3) is 0.200. The number of rotatable bonds is 7. The van der Waals surface area contributed by atoms with Crippen LogP contribution in [0.1, 0.15) is 24.9 Å². The molecule has 0 spiro atoms. The average molecular weight is 379 g/mol. The highest BCUT2D eigenvalue weighted by Gasteiger charge is 2.15. The Bertz CT molecular complexity index is 939. The summed E-state index contributed by atoms with van der Waals surface area (Å²) in [5.74, 6) is -0.180. The van der Waals surface area contributed by atoms with Gasteiger partial charge in [-0.15, -0.1) is 0 Å². The molecule has 144 valence electrons. The molecule has 8 heteroatoms. The number of aromatic hydroxyl groups is 1. The summed E-state index contributed by atoms with van der Waals surface area (Å²) in [6.45, 7) is 1.73. The van der Waals surface area contributed by atoms with Crippen molar-refractivity contribution in [2.75, 3.05) is 10.6 Å². The van der Waals surface area contributed by atoms with Gasteiger partial charge in [0.05, 0.1) is 0 Å². The van der Waals surface area contributed by atoms with Gasteiger partial charge in [0.15, 0.2) is 0 Å². The molecule has 0 radical (unpaired) electrons. The number of carbonyl (C=O) groups excluding carboxylic acids is 2. The second-order valence-corrected chi connectivity index (χ2v) is 6.29. The quantitative estimate of drug-likeness (QED) is 0.585. The van der Waals surface area contributed by atoms with Gasteiger partial charge in [-0.05, 0) is 49.2 Å². The Kier molecular flexibility index (Phi) is 6.01. The van der Waals surface area contributed by atoms with Gasteiger partial charge < -0.3 is 15.7 Å². The first-order valence-corrected chi connectivity index (χ1v) is 8.84. The summed E-state index contributed by atoms with van der Waals surface area (Å²) in [7, 11) is 0. The predicted octanol–water partition coefficient (Wildman–Crippen LogP) is 2.75. The van der Waals surface area contributed by atoms with E-state index in [2.05, 4.69) is 20.7 Å². The number of phenolic OH excluding ortho intramolecular Hbond substituents is 1. The van der Waals surface area contributed by atoms with Crippen molar-refractivity contribution in [1.29, 1.82) is 0 Å². The summed E-state index contributed by atoms with van der Waals surface area (Å²) in [5, 5.41) is 19.3. The Morgan fingerprint density at radius 2 is 1.75 bits per heavy atom. The third-order valence-corrected chi connectivity index (χ3v) is 4.26. The van der Waals surface area contributed by atoms with Crippen LogP contribution in [0.3, 0.4) is 0 Å². The lowest BCUT2D eigenvalue weighted by atomic mass is 10.1. The first-order valence-electron chi connectivity index (χ1n) is 8.84. The van der Waals surface area contributed by atoms with E-state index in [-0.39, 0.29) is 24.0 Å². The molecule has 3 aromatic rings. The number of nitrogens with zero attached hydrogens (tertiary/aromatic N) is 3. The summed E-state index contributed by atoms with van der Waals surface area (Å²) < 4.78 is 1.47. The van der Waals surface area contributed by atoms with Crippen LogP contribution in [0.5, 0.6) is 5.75 Å². The summed E-state index contributed by atoms with van der Waals surface area (Å²) in [4.78, 5) is 28.2. The molecular weight excluding hydrogens is 358 g/mol. The minimum absolute atomic E-state index is 0.153. The second-order valence-electron chi connectivity index (χ2n) is 6.29. The topological polar surface area (TPSA) is 109 Å². The van der Waals surface area contributed by atoms with Crippen molar-refractivity contribution >= 4 is 23.2 Å². The van der Waals surface area contributed by atoms with Gasteiger partial charge in [-0.1, -0.05) is 18.2 Å². The first kappa shape index (κ1) is 19.1. The van der Waals surface area contributed by atoms with Crippen LogP contribution in [-0.2, 0) is 16.0 Å². The van der Waals surface area contributed by atoms with E-state index in [4.69, 9.17) is 0 Å². The molecule has 3 rings (SSSR count). The molecule has 1 aromatic heterocycles. The largest absolute Gasteiger partial charge is 0.508 e. The molecule has 0 aliphatic carbocycles. The van der Waals surface area contributed by atoms with Gasteiger partial charge in [0.1, 0.15) is 24.4 Å². The number of phenols is 1. The summed E-state index contributed by atoms with van der Waals surface area (Å²) in [6.07, 6.45) is 3.57. The molecule has 0 aliphatic heterocycles. The Hall–Kier alpha value is -3.68. The molecule has 0 aliphatic rings. The highest BCUT2D eigenvalue weighted by Crippen LogP contribution is 2.19. The van der Waals surface area contributed by atoms with Crippen LogP contribution in [-0.4, -0.2) is 31.7 Å². The number of anilines is 2. The van der Waals surface area contributed by atoms with E-state index in [1.807, 2.05) is 6.07 Å². The van der Waals surface area contributed by atoms with Gasteiger partial charge in [-0.25, -0.2) is 9.67 Å². The van der Waals surface area contributed by atoms with E-state index in [1.54, 1.807) is 49.4 Å². The van der Waals surface area contributed by atoms with Crippen LogP contribution < -0.4 is 10.6 Å². The molecule has 8 nitrogen and oxygen atoms in total. The molecule has 28 heavy (non-hydrogen) atoms. The normalized spacial score (nSPS) is 11.6. The highest BCUT2D eigenvalue weighted by molar-refractivity contribution is 5.94. The van der Waals surface area contributed by atoms with Gasteiger partial charge >= 0.3 is 0 Å². The molecule has 2 amide bonds. The molecule has 1 atom stereocenters. The monoisotopic (exact) mass is 379 g/mol. The van der Waals surface area contributed by atoms with Crippen LogP contribution >= 0.6 is 0 Å². The fourth-order valence-corrected chi connectivity index (χ4v) is 2.62. The zero-order valence-corrected chi connectivity index (χ0v) is 15.4. The number of para-hydroxylation sites is 1. The molecule has 1 heterocycles. The number of hydrogen-bond acceptors (Lipinski definition) is 5. The molecule has 3 N–H and O–H groups in total. The highest BCUT2D eigenvalue weighted by atomic mass is 16.3. The van der Waals surface area contributed by atoms with Crippen molar-refractivity contribution in [2.45, 2.75) is 25.8 Å². The summed E-state index contributed by atoms with van der Waals surface area (Å²) in [6, 6.07) is 13.3. The standard InChI is InChI=1S/C20H21N5O3/c1-14(25-13-21-12-22-25)20(28)24-17-9-7-16(8-10-17)23-19(27)11-6-15-4-2-3-5-18(15)26/h2-5,7-10,12-14,26H,6,11H2,1H3,(H,23,27)(H,24,28). The Labute approximate surface area is 162 Å². The zero-order chi connectivity index (χ0) is 19.9. The van der Waals surface area contributed by atoms with E-state index in [0.29, 0.717) is 17.8 Å². The van der Waals surface area contributed by atoms with Crippen molar-refractivity contribution < 1.29 is 14.7 Å². The smallest absolute Gasteiger partial charge is 0.249 e. The molecule has 0 fully saturated rings. The van der Waals surface area contributed by atoms with Gasteiger partial charge in [0.2, 0.25) is 11.8 Å².